The summed E-state index contributed by atoms with van der Waals surface area (Å²) in [5.74, 6) is -0.572. The Labute approximate surface area is 121 Å². The van der Waals surface area contributed by atoms with Gasteiger partial charge in [-0.15, -0.1) is 0 Å². The van der Waals surface area contributed by atoms with Crippen molar-refractivity contribution in [1.29, 1.82) is 0 Å². The minimum Gasteiger partial charge on any atom is -0.352 e. The second-order valence-electron chi connectivity index (χ2n) is 4.73. The molecule has 1 unspecified atom stereocenters. The number of carbonyl (C=O) groups excluding carboxylic acids is 1. The van der Waals surface area contributed by atoms with Crippen LogP contribution < -0.4 is 10.6 Å². The van der Waals surface area contributed by atoms with Gasteiger partial charge >= 0.3 is 0 Å². The van der Waals surface area contributed by atoms with Gasteiger partial charge in [0.2, 0.25) is 5.91 Å². The Morgan fingerprint density at radius 3 is 2.74 bits per heavy atom. The van der Waals surface area contributed by atoms with Crippen LogP contribution in [-0.2, 0) is 4.79 Å². The molecule has 2 N–H and O–H groups in total. The average molecular weight is 305 g/mol. The van der Waals surface area contributed by atoms with E-state index in [-0.39, 0.29) is 23.5 Å². The molecule has 1 aromatic carbocycles. The van der Waals surface area contributed by atoms with Gasteiger partial charge in [-0.2, -0.15) is 0 Å². The van der Waals surface area contributed by atoms with E-state index in [1.165, 1.54) is 12.1 Å². The van der Waals surface area contributed by atoms with E-state index in [4.69, 9.17) is 23.2 Å². The van der Waals surface area contributed by atoms with Crippen LogP contribution in [0.3, 0.4) is 0 Å². The fourth-order valence-electron chi connectivity index (χ4n) is 1.73. The normalized spacial score (nSPS) is 16.2. The molecule has 1 amide bonds. The number of amides is 1. The molecular weight excluding hydrogens is 290 g/mol. The summed E-state index contributed by atoms with van der Waals surface area (Å²) in [6, 6.07) is 2.77. The lowest BCUT2D eigenvalue weighted by molar-refractivity contribution is -0.120. The number of halogens is 3. The number of hydrogen-bond donors (Lipinski definition) is 2. The van der Waals surface area contributed by atoms with Gasteiger partial charge in [-0.3, -0.25) is 4.79 Å². The van der Waals surface area contributed by atoms with Gasteiger partial charge in [-0.25, -0.2) is 4.39 Å². The highest BCUT2D eigenvalue weighted by Crippen LogP contribution is 2.28. The van der Waals surface area contributed by atoms with E-state index in [9.17, 15) is 9.18 Å². The van der Waals surface area contributed by atoms with Crippen LogP contribution in [0, 0.1) is 5.82 Å². The van der Waals surface area contributed by atoms with Crippen molar-refractivity contribution < 1.29 is 9.18 Å². The first-order chi connectivity index (χ1) is 8.97. The van der Waals surface area contributed by atoms with E-state index in [0.717, 1.165) is 12.8 Å². The van der Waals surface area contributed by atoms with Gasteiger partial charge in [-0.05, 0) is 37.5 Å². The minimum atomic E-state index is -0.517. The first-order valence-electron chi connectivity index (χ1n) is 6.14. The third kappa shape index (κ3) is 4.06. The van der Waals surface area contributed by atoms with Crippen LogP contribution in [-0.4, -0.2) is 18.5 Å². The van der Waals surface area contributed by atoms with E-state index in [1.54, 1.807) is 0 Å². The van der Waals surface area contributed by atoms with Crippen LogP contribution in [0.15, 0.2) is 12.1 Å². The number of benzene rings is 1. The molecule has 1 aliphatic carbocycles. The highest BCUT2D eigenvalue weighted by atomic mass is 35.5. The van der Waals surface area contributed by atoms with E-state index in [2.05, 4.69) is 10.6 Å². The lowest BCUT2D eigenvalue weighted by Gasteiger charge is -2.16. The largest absolute Gasteiger partial charge is 0.352 e. The van der Waals surface area contributed by atoms with Crippen molar-refractivity contribution in [2.24, 2.45) is 0 Å². The van der Waals surface area contributed by atoms with Crippen molar-refractivity contribution in [2.75, 3.05) is 6.54 Å². The summed E-state index contributed by atoms with van der Waals surface area (Å²) in [5, 5.41) is 6.26. The maximum Gasteiger partial charge on any atom is 0.234 e. The smallest absolute Gasteiger partial charge is 0.234 e. The molecule has 19 heavy (non-hydrogen) atoms. The van der Waals surface area contributed by atoms with Crippen molar-refractivity contribution in [2.45, 2.75) is 31.8 Å². The van der Waals surface area contributed by atoms with Crippen molar-refractivity contribution in [1.82, 2.24) is 10.6 Å². The summed E-state index contributed by atoms with van der Waals surface area (Å²) in [6.45, 7) is 2.00. The SMILES string of the molecule is CC(NCC(=O)NC1CC1)c1cc(F)c(Cl)cc1Cl. The molecule has 2 rings (SSSR count). The molecule has 0 saturated heterocycles. The fourth-order valence-corrected chi connectivity index (χ4v) is 2.28. The van der Waals surface area contributed by atoms with Crippen molar-refractivity contribution in [3.63, 3.8) is 0 Å². The van der Waals surface area contributed by atoms with E-state index < -0.39 is 5.82 Å². The van der Waals surface area contributed by atoms with Crippen molar-refractivity contribution >= 4 is 29.1 Å². The molecule has 1 saturated carbocycles. The van der Waals surface area contributed by atoms with Crippen LogP contribution in [0.2, 0.25) is 10.0 Å². The highest BCUT2D eigenvalue weighted by Gasteiger charge is 2.23. The molecule has 3 nitrogen and oxygen atoms in total. The molecule has 0 aliphatic heterocycles. The first kappa shape index (κ1) is 14.6. The molecule has 0 bridgehead atoms. The Balaban J connectivity index is 1.93. The molecule has 1 aromatic rings. The zero-order valence-corrected chi connectivity index (χ0v) is 12.0. The quantitative estimate of drug-likeness (QED) is 0.821. The van der Waals surface area contributed by atoms with Gasteiger partial charge in [0.15, 0.2) is 0 Å². The zero-order valence-electron chi connectivity index (χ0n) is 10.5. The molecule has 1 aliphatic rings. The second-order valence-corrected chi connectivity index (χ2v) is 5.55. The number of rotatable bonds is 5. The molecule has 0 radical (unpaired) electrons. The van der Waals surface area contributed by atoms with Gasteiger partial charge < -0.3 is 10.6 Å². The molecule has 0 spiro atoms. The van der Waals surface area contributed by atoms with Gasteiger partial charge in [0.25, 0.3) is 0 Å². The predicted octanol–water partition coefficient (Wildman–Crippen LogP) is 3.06. The Morgan fingerprint density at radius 1 is 1.42 bits per heavy atom. The summed E-state index contributed by atoms with van der Waals surface area (Å²) < 4.78 is 13.4. The number of nitrogens with one attached hydrogen (secondary N) is 2. The van der Waals surface area contributed by atoms with Crippen molar-refractivity contribution in [3.05, 3.63) is 33.6 Å². The monoisotopic (exact) mass is 304 g/mol. The van der Waals surface area contributed by atoms with Gasteiger partial charge in [-0.1, -0.05) is 23.2 Å². The van der Waals surface area contributed by atoms with Gasteiger partial charge in [0.05, 0.1) is 11.6 Å². The zero-order chi connectivity index (χ0) is 14.0. The van der Waals surface area contributed by atoms with E-state index in [0.29, 0.717) is 16.6 Å². The first-order valence-corrected chi connectivity index (χ1v) is 6.90. The minimum absolute atomic E-state index is 0.00701. The number of hydrogen-bond acceptors (Lipinski definition) is 2. The highest BCUT2D eigenvalue weighted by molar-refractivity contribution is 6.35. The fraction of sp³-hybridized carbons (Fsp3) is 0.462. The van der Waals surface area contributed by atoms with Crippen LogP contribution in [0.5, 0.6) is 0 Å². The molecule has 104 valence electrons. The lowest BCUT2D eigenvalue weighted by atomic mass is 10.1. The van der Waals surface area contributed by atoms with Crippen LogP contribution in [0.25, 0.3) is 0 Å². The van der Waals surface area contributed by atoms with E-state index in [1.807, 2.05) is 6.92 Å². The lowest BCUT2D eigenvalue weighted by Crippen LogP contribution is -2.36. The summed E-state index contributed by atoms with van der Waals surface area (Å²) in [4.78, 5) is 11.5. The standard InChI is InChI=1S/C13H15Cl2FN2O/c1-7(17-6-13(19)18-8-2-3-8)9-4-12(16)11(15)5-10(9)14/h4-5,7-8,17H,2-3,6H2,1H3,(H,18,19). The molecule has 1 atom stereocenters. The van der Waals surface area contributed by atoms with Gasteiger partial charge in [0.1, 0.15) is 5.82 Å². The molecule has 0 heterocycles. The van der Waals surface area contributed by atoms with Crippen LogP contribution in [0.4, 0.5) is 4.39 Å². The summed E-state index contributed by atoms with van der Waals surface area (Å²) >= 11 is 11.7. The summed E-state index contributed by atoms with van der Waals surface area (Å²) in [6.07, 6.45) is 2.10. The topological polar surface area (TPSA) is 41.1 Å². The average Bonchev–Trinajstić information content (AvgIpc) is 3.14. The van der Waals surface area contributed by atoms with Crippen LogP contribution >= 0.6 is 23.2 Å². The Kier molecular flexibility index (Phi) is 4.66. The number of carbonyl (C=O) groups is 1. The third-order valence-electron chi connectivity index (χ3n) is 3.02. The summed E-state index contributed by atoms with van der Waals surface area (Å²) in [5.41, 5.74) is 0.586. The molecular formula is C13H15Cl2FN2O. The Hall–Kier alpha value is -0.840. The maximum atomic E-state index is 13.4. The Bertz CT molecular complexity index is 492. The Morgan fingerprint density at radius 2 is 2.11 bits per heavy atom. The summed E-state index contributed by atoms with van der Waals surface area (Å²) in [7, 11) is 0. The molecule has 6 heteroatoms. The second kappa shape index (κ2) is 6.07. The molecule has 0 aromatic heterocycles. The van der Waals surface area contributed by atoms with Crippen LogP contribution in [0.1, 0.15) is 31.4 Å². The third-order valence-corrected chi connectivity index (χ3v) is 3.63. The predicted molar refractivity (Wildman–Crippen MR) is 74.0 cm³/mol. The van der Waals surface area contributed by atoms with Gasteiger partial charge in [0, 0.05) is 17.1 Å². The molecule has 1 fully saturated rings. The van der Waals surface area contributed by atoms with E-state index >= 15 is 0 Å². The maximum absolute atomic E-state index is 13.4. The van der Waals surface area contributed by atoms with Crippen molar-refractivity contribution in [3.8, 4) is 0 Å².